The summed E-state index contributed by atoms with van der Waals surface area (Å²) in [5, 5.41) is 7.68. The summed E-state index contributed by atoms with van der Waals surface area (Å²) in [4.78, 5) is 13.0. The van der Waals surface area contributed by atoms with Gasteiger partial charge in [-0.25, -0.2) is 4.79 Å². The van der Waals surface area contributed by atoms with Crippen molar-refractivity contribution in [3.63, 3.8) is 0 Å². The lowest BCUT2D eigenvalue weighted by molar-refractivity contribution is 0.0602. The second kappa shape index (κ2) is 8.64. The Morgan fingerprint density at radius 1 is 1.12 bits per heavy atom. The number of hydrogen-bond donors (Lipinski definition) is 2. The van der Waals surface area contributed by atoms with Crippen LogP contribution in [-0.2, 0) is 4.74 Å². The molecule has 0 bridgehead atoms. The van der Waals surface area contributed by atoms with E-state index in [1.807, 2.05) is 13.0 Å². The smallest absolute Gasteiger partial charge is 0.340 e. The predicted molar refractivity (Wildman–Crippen MR) is 115 cm³/mol. The van der Waals surface area contributed by atoms with Crippen LogP contribution in [0.15, 0.2) is 24.3 Å². The van der Waals surface area contributed by atoms with Gasteiger partial charge in [-0.3, -0.25) is 0 Å². The summed E-state index contributed by atoms with van der Waals surface area (Å²) < 4.78 is 4.86. The summed E-state index contributed by atoms with van der Waals surface area (Å²) in [5.41, 5.74) is 3.98. The quantitative estimate of drug-likeness (QED) is 0.492. The van der Waals surface area contributed by atoms with E-state index in [0.717, 1.165) is 10.6 Å². The Hall–Kier alpha value is -1.92. The van der Waals surface area contributed by atoms with Gasteiger partial charge in [-0.15, -0.1) is 11.3 Å². The summed E-state index contributed by atoms with van der Waals surface area (Å²) in [6.45, 7) is 10.6. The number of carbonyl (C=O) groups excluding carboxylic acids is 1. The van der Waals surface area contributed by atoms with E-state index in [4.69, 9.17) is 17.0 Å². The molecule has 0 spiro atoms. The highest BCUT2D eigenvalue weighted by Crippen LogP contribution is 2.33. The Kier molecular flexibility index (Phi) is 6.78. The highest BCUT2D eigenvalue weighted by Gasteiger charge is 2.18. The molecule has 4 nitrogen and oxygen atoms in total. The first-order valence-electron chi connectivity index (χ1n) is 8.64. The van der Waals surface area contributed by atoms with Crippen LogP contribution >= 0.6 is 23.6 Å². The highest BCUT2D eigenvalue weighted by atomic mass is 32.1. The number of methoxy groups -OCH3 is 1. The summed E-state index contributed by atoms with van der Waals surface area (Å²) in [7, 11) is 1.38. The second-order valence-electron chi connectivity index (χ2n) is 6.79. The number of thiophene rings is 1. The predicted octanol–water partition coefficient (Wildman–Crippen LogP) is 5.90. The van der Waals surface area contributed by atoms with E-state index in [1.165, 1.54) is 29.6 Å². The van der Waals surface area contributed by atoms with Gasteiger partial charge in [0.15, 0.2) is 5.11 Å². The molecule has 0 radical (unpaired) electrons. The van der Waals surface area contributed by atoms with Gasteiger partial charge < -0.3 is 15.4 Å². The van der Waals surface area contributed by atoms with Gasteiger partial charge in [0.25, 0.3) is 0 Å². The molecule has 0 saturated heterocycles. The average molecular weight is 391 g/mol. The van der Waals surface area contributed by atoms with Crippen molar-refractivity contribution in [2.24, 2.45) is 0 Å². The zero-order chi connectivity index (χ0) is 19.4. The lowest BCUT2D eigenvalue weighted by Gasteiger charge is -2.21. The Bertz CT molecular complexity index is 784. The van der Waals surface area contributed by atoms with Crippen LogP contribution in [0.3, 0.4) is 0 Å². The van der Waals surface area contributed by atoms with E-state index in [9.17, 15) is 4.79 Å². The van der Waals surface area contributed by atoms with E-state index < -0.39 is 0 Å². The number of para-hydroxylation sites is 1. The molecule has 2 N–H and O–H groups in total. The molecule has 0 aliphatic rings. The van der Waals surface area contributed by atoms with Crippen molar-refractivity contribution in [3.8, 4) is 0 Å². The van der Waals surface area contributed by atoms with Crippen LogP contribution < -0.4 is 10.6 Å². The van der Waals surface area contributed by atoms with Crippen molar-refractivity contribution >= 4 is 45.3 Å². The first-order valence-corrected chi connectivity index (χ1v) is 9.86. The fourth-order valence-corrected chi connectivity index (χ4v) is 3.98. The topological polar surface area (TPSA) is 50.4 Å². The Balaban J connectivity index is 2.30. The first-order chi connectivity index (χ1) is 12.2. The molecule has 1 aromatic carbocycles. The maximum Gasteiger partial charge on any atom is 0.340 e. The van der Waals surface area contributed by atoms with E-state index in [2.05, 4.69) is 56.5 Å². The molecule has 0 aliphatic carbocycles. The average Bonchev–Trinajstić information content (AvgIpc) is 2.93. The number of carbonyl (C=O) groups is 1. The molecule has 140 valence electrons. The summed E-state index contributed by atoms with van der Waals surface area (Å²) >= 11 is 7.01. The molecular formula is C20H26N2O2S2. The fraction of sp³-hybridized carbons (Fsp3) is 0.400. The molecule has 26 heavy (non-hydrogen) atoms. The van der Waals surface area contributed by atoms with E-state index >= 15 is 0 Å². The van der Waals surface area contributed by atoms with Gasteiger partial charge >= 0.3 is 5.97 Å². The molecule has 1 aromatic heterocycles. The molecule has 1 heterocycles. The third-order valence-electron chi connectivity index (χ3n) is 4.10. The largest absolute Gasteiger partial charge is 0.465 e. The van der Waals surface area contributed by atoms with Gasteiger partial charge in [-0.1, -0.05) is 45.9 Å². The van der Waals surface area contributed by atoms with Crippen LogP contribution in [0, 0.1) is 6.92 Å². The van der Waals surface area contributed by atoms with Crippen LogP contribution in [0.25, 0.3) is 0 Å². The molecule has 0 atom stereocenters. The molecule has 0 saturated carbocycles. The monoisotopic (exact) mass is 390 g/mol. The molecule has 0 aliphatic heterocycles. The molecule has 6 heteroatoms. The Morgan fingerprint density at radius 2 is 1.69 bits per heavy atom. The number of rotatable bonds is 5. The number of anilines is 2. The number of thiocarbonyl (C=S) groups is 1. The third kappa shape index (κ3) is 4.62. The van der Waals surface area contributed by atoms with Crippen LogP contribution in [0.5, 0.6) is 0 Å². The molecule has 0 unspecified atom stereocenters. The third-order valence-corrected chi connectivity index (χ3v) is 5.27. The van der Waals surface area contributed by atoms with Gasteiger partial charge in [0.2, 0.25) is 0 Å². The minimum Gasteiger partial charge on any atom is -0.465 e. The van der Waals surface area contributed by atoms with Gasteiger partial charge in [-0.05, 0) is 48.2 Å². The molecule has 2 aromatic rings. The van der Waals surface area contributed by atoms with Crippen molar-refractivity contribution in [3.05, 3.63) is 45.8 Å². The minimum absolute atomic E-state index is 0.369. The van der Waals surface area contributed by atoms with Crippen LogP contribution in [0.4, 0.5) is 10.7 Å². The van der Waals surface area contributed by atoms with Gasteiger partial charge in [-0.2, -0.15) is 0 Å². The maximum absolute atomic E-state index is 12.0. The zero-order valence-electron chi connectivity index (χ0n) is 16.1. The van der Waals surface area contributed by atoms with E-state index in [1.54, 1.807) is 0 Å². The van der Waals surface area contributed by atoms with Gasteiger partial charge in [0.05, 0.1) is 12.7 Å². The second-order valence-corrected chi connectivity index (χ2v) is 8.46. The van der Waals surface area contributed by atoms with Crippen molar-refractivity contribution < 1.29 is 9.53 Å². The lowest BCUT2D eigenvalue weighted by atomic mass is 9.93. The Morgan fingerprint density at radius 3 is 2.19 bits per heavy atom. The number of benzene rings is 1. The summed E-state index contributed by atoms with van der Waals surface area (Å²) in [6, 6.07) is 8.14. The SMILES string of the molecule is COC(=O)c1cc(C)sc1NC(=S)Nc1c(C(C)C)cccc1C(C)C. The molecule has 0 amide bonds. The van der Waals surface area contributed by atoms with Crippen molar-refractivity contribution in [1.29, 1.82) is 0 Å². The normalized spacial score (nSPS) is 10.9. The number of nitrogens with one attached hydrogen (secondary N) is 2. The molecule has 0 fully saturated rings. The van der Waals surface area contributed by atoms with Crippen LogP contribution in [0.2, 0.25) is 0 Å². The number of ether oxygens (including phenoxy) is 1. The zero-order valence-corrected chi connectivity index (χ0v) is 17.7. The van der Waals surface area contributed by atoms with Crippen LogP contribution in [0.1, 0.15) is 65.9 Å². The van der Waals surface area contributed by atoms with Gasteiger partial charge in [0.1, 0.15) is 5.00 Å². The number of aryl methyl sites for hydroxylation is 1. The van der Waals surface area contributed by atoms with Crippen molar-refractivity contribution in [2.45, 2.75) is 46.5 Å². The lowest BCUT2D eigenvalue weighted by Crippen LogP contribution is -2.22. The van der Waals surface area contributed by atoms with E-state index in [-0.39, 0.29) is 5.97 Å². The maximum atomic E-state index is 12.0. The van der Waals surface area contributed by atoms with Crippen molar-refractivity contribution in [1.82, 2.24) is 0 Å². The standard InChI is InChI=1S/C20H26N2O2S2/c1-11(2)14-8-7-9-15(12(3)4)17(14)21-20(25)22-18-16(19(23)24-6)10-13(5)26-18/h7-12H,1-6H3,(H2,21,22,25). The van der Waals surface area contributed by atoms with Crippen molar-refractivity contribution in [2.75, 3.05) is 17.7 Å². The summed E-state index contributed by atoms with van der Waals surface area (Å²) in [6.07, 6.45) is 0. The fourth-order valence-electron chi connectivity index (χ4n) is 2.81. The van der Waals surface area contributed by atoms with Gasteiger partial charge in [0, 0.05) is 10.6 Å². The highest BCUT2D eigenvalue weighted by molar-refractivity contribution is 7.80. The molecular weight excluding hydrogens is 364 g/mol. The Labute approximate surface area is 165 Å². The van der Waals surface area contributed by atoms with Crippen LogP contribution in [-0.4, -0.2) is 18.2 Å². The number of hydrogen-bond acceptors (Lipinski definition) is 4. The first kappa shape index (κ1) is 20.4. The minimum atomic E-state index is -0.370. The van der Waals surface area contributed by atoms with E-state index in [0.29, 0.717) is 27.5 Å². The summed E-state index contributed by atoms with van der Waals surface area (Å²) in [5.74, 6) is 0.368. The molecule has 2 rings (SSSR count). The number of esters is 1.